The van der Waals surface area contributed by atoms with E-state index in [-0.39, 0.29) is 16.5 Å². The van der Waals surface area contributed by atoms with Crippen molar-refractivity contribution in [3.05, 3.63) is 62.7 Å². The first-order valence-corrected chi connectivity index (χ1v) is 8.61. The van der Waals surface area contributed by atoms with Crippen LogP contribution < -0.4 is 10.1 Å². The Morgan fingerprint density at radius 3 is 2.37 bits per heavy atom. The van der Waals surface area contributed by atoms with Gasteiger partial charge in [-0.25, -0.2) is 4.79 Å². The van der Waals surface area contributed by atoms with Gasteiger partial charge in [-0.2, -0.15) is 13.2 Å². The Kier molecular flexibility index (Phi) is 6.88. The summed E-state index contributed by atoms with van der Waals surface area (Å²) in [5.41, 5.74) is -2.15. The molecule has 0 unspecified atom stereocenters. The molecule has 2 aromatic carbocycles. The highest BCUT2D eigenvalue weighted by atomic mass is 35.5. The minimum absolute atomic E-state index is 0.135. The number of nitrogens with one attached hydrogen (secondary N) is 1. The van der Waals surface area contributed by atoms with Crippen molar-refractivity contribution in [2.45, 2.75) is 26.1 Å². The number of amides is 2. The van der Waals surface area contributed by atoms with Crippen LogP contribution in [0.2, 0.25) is 5.02 Å². The molecule has 0 saturated heterocycles. The predicted octanol–water partition coefficient (Wildman–Crippen LogP) is 5.33. The third kappa shape index (κ3) is 5.83. The van der Waals surface area contributed by atoms with Crippen LogP contribution in [-0.2, 0) is 10.9 Å². The van der Waals surface area contributed by atoms with Crippen molar-refractivity contribution in [3.8, 4) is 11.5 Å². The molecule has 0 heterocycles. The maximum absolute atomic E-state index is 12.7. The van der Waals surface area contributed by atoms with Crippen LogP contribution in [-0.4, -0.2) is 23.0 Å². The zero-order valence-corrected chi connectivity index (χ0v) is 16.2. The predicted molar refractivity (Wildman–Crippen MR) is 98.7 cm³/mol. The van der Waals surface area contributed by atoms with E-state index in [2.05, 4.69) is 0 Å². The number of alkyl halides is 3. The van der Waals surface area contributed by atoms with Crippen LogP contribution in [0.4, 0.5) is 23.7 Å². The molecule has 0 aliphatic rings. The van der Waals surface area contributed by atoms with E-state index in [1.807, 2.05) is 5.32 Å². The van der Waals surface area contributed by atoms with Crippen LogP contribution in [0, 0.1) is 10.1 Å². The molecule has 12 heteroatoms. The fourth-order valence-electron chi connectivity index (χ4n) is 2.21. The summed E-state index contributed by atoms with van der Waals surface area (Å²) in [7, 11) is 0. The van der Waals surface area contributed by atoms with Gasteiger partial charge in [0, 0.05) is 12.1 Å². The molecule has 0 aromatic heterocycles. The number of hydrogen-bond acceptors (Lipinski definition) is 6. The standard InChI is InChI=1S/C18H14ClF3N2O6/c1-9(2)29-17(26)23-16(25)12-8-11(4-5-14(12)24(27)28)30-15-6-3-10(7-13(15)19)18(20,21)22/h3-9H,1-2H3,(H,23,25,26). The van der Waals surface area contributed by atoms with Gasteiger partial charge in [0.05, 0.1) is 21.6 Å². The quantitative estimate of drug-likeness (QED) is 0.491. The Balaban J connectivity index is 2.33. The Morgan fingerprint density at radius 1 is 1.17 bits per heavy atom. The summed E-state index contributed by atoms with van der Waals surface area (Å²) in [6.07, 6.45) is -6.25. The Hall–Kier alpha value is -3.34. The summed E-state index contributed by atoms with van der Waals surface area (Å²) in [4.78, 5) is 34.2. The number of alkyl carbamates (subject to hydrolysis) is 1. The lowest BCUT2D eigenvalue weighted by Crippen LogP contribution is -2.33. The van der Waals surface area contributed by atoms with Crippen molar-refractivity contribution >= 4 is 29.3 Å². The van der Waals surface area contributed by atoms with E-state index in [0.717, 1.165) is 30.3 Å². The fraction of sp³-hybridized carbons (Fsp3) is 0.222. The molecule has 0 saturated carbocycles. The van der Waals surface area contributed by atoms with E-state index in [1.165, 1.54) is 13.8 Å². The number of ether oxygens (including phenoxy) is 2. The van der Waals surface area contributed by atoms with Crippen LogP contribution in [0.3, 0.4) is 0 Å². The van der Waals surface area contributed by atoms with Crippen molar-refractivity contribution in [2.24, 2.45) is 0 Å². The molecule has 0 radical (unpaired) electrons. The number of carbonyl (C=O) groups excluding carboxylic acids is 2. The number of benzene rings is 2. The highest BCUT2D eigenvalue weighted by Gasteiger charge is 2.31. The molecule has 8 nitrogen and oxygen atoms in total. The van der Waals surface area contributed by atoms with E-state index in [9.17, 15) is 32.9 Å². The summed E-state index contributed by atoms with van der Waals surface area (Å²) in [5.74, 6) is -1.44. The molecule has 0 fully saturated rings. The van der Waals surface area contributed by atoms with Gasteiger partial charge in [-0.05, 0) is 38.1 Å². The number of nitro groups is 1. The third-order valence-electron chi connectivity index (χ3n) is 3.45. The maximum Gasteiger partial charge on any atom is 0.416 e. The topological polar surface area (TPSA) is 108 Å². The van der Waals surface area contributed by atoms with Gasteiger partial charge in [0.2, 0.25) is 0 Å². The summed E-state index contributed by atoms with van der Waals surface area (Å²) < 4.78 is 48.3. The summed E-state index contributed by atoms with van der Waals surface area (Å²) in [5, 5.41) is 12.7. The maximum atomic E-state index is 12.7. The zero-order chi connectivity index (χ0) is 22.6. The van der Waals surface area contributed by atoms with Crippen LogP contribution in [0.15, 0.2) is 36.4 Å². The normalized spacial score (nSPS) is 11.2. The van der Waals surface area contributed by atoms with Gasteiger partial charge in [-0.1, -0.05) is 11.6 Å². The van der Waals surface area contributed by atoms with Crippen LogP contribution in [0.5, 0.6) is 11.5 Å². The van der Waals surface area contributed by atoms with Crippen molar-refractivity contribution in [2.75, 3.05) is 0 Å². The van der Waals surface area contributed by atoms with Crippen LogP contribution >= 0.6 is 11.6 Å². The second-order valence-electron chi connectivity index (χ2n) is 6.09. The lowest BCUT2D eigenvalue weighted by Gasteiger charge is -2.12. The van der Waals surface area contributed by atoms with Gasteiger partial charge in [0.1, 0.15) is 17.1 Å². The summed E-state index contributed by atoms with van der Waals surface area (Å²) in [6.45, 7) is 3.07. The zero-order valence-electron chi connectivity index (χ0n) is 15.5. The van der Waals surface area contributed by atoms with E-state index < -0.39 is 46.0 Å². The minimum Gasteiger partial charge on any atom is -0.456 e. The van der Waals surface area contributed by atoms with Gasteiger partial charge in [0.15, 0.2) is 0 Å². The number of nitrogens with zero attached hydrogens (tertiary/aromatic N) is 1. The number of hydrogen-bond donors (Lipinski definition) is 1. The van der Waals surface area contributed by atoms with E-state index in [4.69, 9.17) is 21.1 Å². The third-order valence-corrected chi connectivity index (χ3v) is 3.75. The number of imide groups is 1. The Bertz CT molecular complexity index is 994. The Labute approximate surface area is 172 Å². The van der Waals surface area contributed by atoms with Crippen molar-refractivity contribution < 1.29 is 37.2 Å². The highest BCUT2D eigenvalue weighted by Crippen LogP contribution is 2.37. The van der Waals surface area contributed by atoms with E-state index >= 15 is 0 Å². The van der Waals surface area contributed by atoms with E-state index in [0.29, 0.717) is 6.07 Å². The van der Waals surface area contributed by atoms with Crippen molar-refractivity contribution in [3.63, 3.8) is 0 Å². The molecule has 0 aliphatic heterocycles. The minimum atomic E-state index is -4.61. The molecule has 160 valence electrons. The largest absolute Gasteiger partial charge is 0.456 e. The molecule has 2 rings (SSSR count). The number of halogens is 4. The van der Waals surface area contributed by atoms with Crippen molar-refractivity contribution in [1.82, 2.24) is 5.32 Å². The first-order chi connectivity index (χ1) is 13.9. The molecular formula is C18H14ClF3N2O6. The highest BCUT2D eigenvalue weighted by molar-refractivity contribution is 6.32. The lowest BCUT2D eigenvalue weighted by molar-refractivity contribution is -0.385. The number of rotatable bonds is 5. The first kappa shape index (κ1) is 22.9. The molecule has 0 atom stereocenters. The van der Waals surface area contributed by atoms with E-state index in [1.54, 1.807) is 0 Å². The van der Waals surface area contributed by atoms with Crippen LogP contribution in [0.1, 0.15) is 29.8 Å². The monoisotopic (exact) mass is 446 g/mol. The fourth-order valence-corrected chi connectivity index (χ4v) is 2.43. The SMILES string of the molecule is CC(C)OC(=O)NC(=O)c1cc(Oc2ccc(C(F)(F)F)cc2Cl)ccc1[N+](=O)[O-]. The average molecular weight is 447 g/mol. The lowest BCUT2D eigenvalue weighted by atomic mass is 10.1. The van der Waals surface area contributed by atoms with Gasteiger partial charge in [-0.3, -0.25) is 20.2 Å². The number of carbonyl (C=O) groups is 2. The smallest absolute Gasteiger partial charge is 0.416 e. The Morgan fingerprint density at radius 2 is 1.83 bits per heavy atom. The van der Waals surface area contributed by atoms with Crippen LogP contribution in [0.25, 0.3) is 0 Å². The molecule has 0 bridgehead atoms. The van der Waals surface area contributed by atoms with Gasteiger partial charge in [-0.15, -0.1) is 0 Å². The molecule has 2 amide bonds. The second-order valence-corrected chi connectivity index (χ2v) is 6.50. The van der Waals surface area contributed by atoms with Gasteiger partial charge in [0.25, 0.3) is 11.6 Å². The molecule has 30 heavy (non-hydrogen) atoms. The number of nitro benzene ring substituents is 1. The molecular weight excluding hydrogens is 433 g/mol. The molecule has 1 N–H and O–H groups in total. The molecule has 2 aromatic rings. The molecule has 0 spiro atoms. The van der Waals surface area contributed by atoms with Crippen molar-refractivity contribution in [1.29, 1.82) is 0 Å². The average Bonchev–Trinajstić information content (AvgIpc) is 2.61. The summed E-state index contributed by atoms with van der Waals surface area (Å²) >= 11 is 5.81. The first-order valence-electron chi connectivity index (χ1n) is 8.23. The van der Waals surface area contributed by atoms with Gasteiger partial charge >= 0.3 is 12.3 Å². The van der Waals surface area contributed by atoms with Gasteiger partial charge < -0.3 is 9.47 Å². The molecule has 0 aliphatic carbocycles. The summed E-state index contributed by atoms with van der Waals surface area (Å²) in [6, 6.07) is 5.36. The second kappa shape index (κ2) is 8.99.